The van der Waals surface area contributed by atoms with E-state index in [1.807, 2.05) is 24.3 Å². The number of carbonyl (C=O) groups is 1. The van der Waals surface area contributed by atoms with Crippen LogP contribution in [-0.2, 0) is 14.2 Å². The van der Waals surface area contributed by atoms with Crippen LogP contribution in [0.2, 0.25) is 0 Å². The molecule has 6 rings (SSSR count). The van der Waals surface area contributed by atoms with Crippen LogP contribution >= 0.6 is 0 Å². The summed E-state index contributed by atoms with van der Waals surface area (Å²) in [6.07, 6.45) is -2.11. The highest BCUT2D eigenvalue weighted by molar-refractivity contribution is 5.85. The number of hydrogen-bond donors (Lipinski definition) is 1. The van der Waals surface area contributed by atoms with Gasteiger partial charge in [-0.05, 0) is 46.8 Å². The van der Waals surface area contributed by atoms with Crippen LogP contribution in [0.4, 0.5) is 10.5 Å². The number of aromatic nitrogens is 4. The van der Waals surface area contributed by atoms with Crippen LogP contribution in [0.25, 0.3) is 11.4 Å². The summed E-state index contributed by atoms with van der Waals surface area (Å²) in [6.45, 7) is 1.47. The van der Waals surface area contributed by atoms with Crippen molar-refractivity contribution in [1.29, 1.82) is 5.26 Å². The number of rotatable bonds is 4. The number of nitriles is 1. The van der Waals surface area contributed by atoms with Crippen LogP contribution in [0, 0.1) is 11.3 Å². The maximum absolute atomic E-state index is 12.4. The molecule has 3 aliphatic rings. The molecule has 35 heavy (non-hydrogen) atoms. The number of ether oxygens (including phenoxy) is 5. The van der Waals surface area contributed by atoms with Crippen molar-refractivity contribution >= 4 is 11.8 Å². The summed E-state index contributed by atoms with van der Waals surface area (Å²) in [6, 6.07) is 13.8. The van der Waals surface area contributed by atoms with Crippen LogP contribution in [0.3, 0.4) is 0 Å². The molecular formula is C23H20N6O6. The molecule has 4 heterocycles. The number of anilines is 1. The van der Waals surface area contributed by atoms with E-state index in [9.17, 15) is 4.79 Å². The van der Waals surface area contributed by atoms with Crippen molar-refractivity contribution in [3.8, 4) is 29.0 Å². The van der Waals surface area contributed by atoms with Gasteiger partial charge in [0.15, 0.2) is 23.4 Å². The average molecular weight is 476 g/mol. The molecule has 1 aromatic heterocycles. The minimum absolute atomic E-state index is 0.180. The summed E-state index contributed by atoms with van der Waals surface area (Å²) >= 11 is 0. The van der Waals surface area contributed by atoms with Gasteiger partial charge in [0.25, 0.3) is 0 Å². The zero-order valence-electron chi connectivity index (χ0n) is 18.4. The highest BCUT2D eigenvalue weighted by Gasteiger charge is 2.51. The normalized spacial score (nSPS) is 24.4. The smallest absolute Gasteiger partial charge is 0.412 e. The second-order valence-electron chi connectivity index (χ2n) is 8.23. The van der Waals surface area contributed by atoms with Crippen molar-refractivity contribution in [3.05, 3.63) is 48.0 Å². The Labute approximate surface area is 199 Å². The lowest BCUT2D eigenvalue weighted by Gasteiger charge is -2.20. The predicted molar refractivity (Wildman–Crippen MR) is 118 cm³/mol. The Kier molecular flexibility index (Phi) is 5.40. The standard InChI is InChI=1S/C23H20N6O6/c24-10-13-2-1-3-15(8-13)25-23(30)35-19-12-34-20-16(11-33-21(19)20)29-22(26-27-28-29)14-4-5-17-18(9-14)32-7-6-31-17/h1-5,8-9,16,19-21H,6-7,11-12H2,(H,25,30)/t16-,19-,20-,21+/m0/s1. The zero-order valence-corrected chi connectivity index (χ0v) is 18.4. The van der Waals surface area contributed by atoms with Crippen molar-refractivity contribution in [1.82, 2.24) is 20.2 Å². The molecule has 178 valence electrons. The molecule has 4 atom stereocenters. The maximum Gasteiger partial charge on any atom is 0.412 e. The van der Waals surface area contributed by atoms with E-state index in [2.05, 4.69) is 20.8 Å². The predicted octanol–water partition coefficient (Wildman–Crippen LogP) is 1.94. The van der Waals surface area contributed by atoms with Gasteiger partial charge in [0.2, 0.25) is 0 Å². The number of nitrogens with zero attached hydrogens (tertiary/aromatic N) is 5. The number of hydrogen-bond acceptors (Lipinski definition) is 10. The third-order valence-corrected chi connectivity index (χ3v) is 6.09. The quantitative estimate of drug-likeness (QED) is 0.593. The minimum Gasteiger partial charge on any atom is -0.486 e. The maximum atomic E-state index is 12.4. The highest BCUT2D eigenvalue weighted by atomic mass is 16.6. The van der Waals surface area contributed by atoms with Gasteiger partial charge in [0, 0.05) is 11.3 Å². The molecular weight excluding hydrogens is 456 g/mol. The summed E-state index contributed by atoms with van der Waals surface area (Å²) < 4.78 is 30.4. The molecule has 0 radical (unpaired) electrons. The average Bonchev–Trinajstić information content (AvgIpc) is 3.61. The van der Waals surface area contributed by atoms with Gasteiger partial charge in [-0.3, -0.25) is 5.32 Å². The second-order valence-corrected chi connectivity index (χ2v) is 8.23. The zero-order chi connectivity index (χ0) is 23.8. The van der Waals surface area contributed by atoms with Gasteiger partial charge in [0.1, 0.15) is 31.5 Å². The molecule has 12 heteroatoms. The fourth-order valence-electron chi connectivity index (χ4n) is 4.50. The molecule has 1 N–H and O–H groups in total. The van der Waals surface area contributed by atoms with Gasteiger partial charge in [-0.2, -0.15) is 5.26 Å². The molecule has 1 amide bonds. The van der Waals surface area contributed by atoms with E-state index in [-0.39, 0.29) is 12.6 Å². The molecule has 0 aliphatic carbocycles. The lowest BCUT2D eigenvalue weighted by molar-refractivity contribution is 0.00774. The number of amides is 1. The Morgan fingerprint density at radius 1 is 1.09 bits per heavy atom. The second kappa shape index (κ2) is 8.86. The van der Waals surface area contributed by atoms with Crippen LogP contribution in [-0.4, -0.2) is 71.0 Å². The van der Waals surface area contributed by atoms with Crippen molar-refractivity contribution < 1.29 is 28.5 Å². The van der Waals surface area contributed by atoms with E-state index in [0.29, 0.717) is 48.4 Å². The first-order valence-corrected chi connectivity index (χ1v) is 11.1. The molecule has 3 aromatic rings. The Morgan fingerprint density at radius 3 is 2.83 bits per heavy atom. The first-order chi connectivity index (χ1) is 17.2. The summed E-state index contributed by atoms with van der Waals surface area (Å²) in [7, 11) is 0. The van der Waals surface area contributed by atoms with E-state index in [0.717, 1.165) is 5.56 Å². The Bertz CT molecular complexity index is 1310. The fourth-order valence-corrected chi connectivity index (χ4v) is 4.50. The van der Waals surface area contributed by atoms with E-state index in [1.54, 1.807) is 28.9 Å². The van der Waals surface area contributed by atoms with Gasteiger partial charge >= 0.3 is 6.09 Å². The first kappa shape index (κ1) is 21.3. The number of tetrazole rings is 1. The summed E-state index contributed by atoms with van der Waals surface area (Å²) in [5, 5.41) is 23.9. The fraction of sp³-hybridized carbons (Fsp3) is 0.348. The van der Waals surface area contributed by atoms with E-state index < -0.39 is 24.4 Å². The van der Waals surface area contributed by atoms with Crippen LogP contribution in [0.1, 0.15) is 11.6 Å². The van der Waals surface area contributed by atoms with E-state index >= 15 is 0 Å². The third-order valence-electron chi connectivity index (χ3n) is 6.09. The molecule has 0 spiro atoms. The van der Waals surface area contributed by atoms with Gasteiger partial charge in [0.05, 0.1) is 24.8 Å². The number of nitrogens with one attached hydrogen (secondary N) is 1. The number of benzene rings is 2. The SMILES string of the molecule is N#Cc1cccc(NC(=O)O[C@H]2CO[C@@H]3[C@@H]2OC[C@@H]3n2nnnc2-c2ccc3c(c2)OCCO3)c1. The van der Waals surface area contributed by atoms with Gasteiger partial charge < -0.3 is 23.7 Å². The molecule has 3 aliphatic heterocycles. The van der Waals surface area contributed by atoms with Gasteiger partial charge in [-0.25, -0.2) is 9.48 Å². The molecule has 0 bridgehead atoms. The molecule has 0 unspecified atom stereocenters. The molecule has 2 fully saturated rings. The van der Waals surface area contributed by atoms with Crippen LogP contribution in [0.5, 0.6) is 11.5 Å². The third kappa shape index (κ3) is 4.01. The summed E-state index contributed by atoms with van der Waals surface area (Å²) in [5.74, 6) is 1.86. The van der Waals surface area contributed by atoms with Crippen LogP contribution < -0.4 is 14.8 Å². The molecule has 12 nitrogen and oxygen atoms in total. The van der Waals surface area contributed by atoms with Crippen molar-refractivity contribution in [3.63, 3.8) is 0 Å². The number of carbonyl (C=O) groups excluding carboxylic acids is 1. The van der Waals surface area contributed by atoms with Gasteiger partial charge in [-0.1, -0.05) is 6.07 Å². The Hall–Kier alpha value is -4.21. The topological polar surface area (TPSA) is 143 Å². The monoisotopic (exact) mass is 476 g/mol. The molecule has 0 saturated carbocycles. The Morgan fingerprint density at radius 2 is 1.94 bits per heavy atom. The summed E-state index contributed by atoms with van der Waals surface area (Å²) in [4.78, 5) is 12.4. The van der Waals surface area contributed by atoms with Crippen molar-refractivity contribution in [2.45, 2.75) is 24.4 Å². The lowest BCUT2D eigenvalue weighted by Crippen LogP contribution is -2.35. The minimum atomic E-state index is -0.652. The first-order valence-electron chi connectivity index (χ1n) is 11.1. The largest absolute Gasteiger partial charge is 0.486 e. The lowest BCUT2D eigenvalue weighted by atomic mass is 10.1. The Balaban J connectivity index is 1.15. The van der Waals surface area contributed by atoms with Crippen molar-refractivity contribution in [2.75, 3.05) is 31.7 Å². The van der Waals surface area contributed by atoms with Crippen molar-refractivity contribution in [2.24, 2.45) is 0 Å². The van der Waals surface area contributed by atoms with E-state index in [1.165, 1.54) is 0 Å². The highest BCUT2D eigenvalue weighted by Crippen LogP contribution is 2.38. The molecule has 2 saturated heterocycles. The van der Waals surface area contributed by atoms with Gasteiger partial charge in [-0.15, -0.1) is 5.10 Å². The van der Waals surface area contributed by atoms with E-state index in [4.69, 9.17) is 28.9 Å². The molecule has 2 aromatic carbocycles. The number of fused-ring (bicyclic) bond motifs is 2. The van der Waals surface area contributed by atoms with Crippen LogP contribution in [0.15, 0.2) is 42.5 Å². The summed E-state index contributed by atoms with van der Waals surface area (Å²) in [5.41, 5.74) is 1.67.